The van der Waals surface area contributed by atoms with E-state index < -0.39 is 5.97 Å². The quantitative estimate of drug-likeness (QED) is 0.789. The van der Waals surface area contributed by atoms with Crippen molar-refractivity contribution in [2.75, 3.05) is 0 Å². The molecule has 1 heterocycles. The van der Waals surface area contributed by atoms with Crippen molar-refractivity contribution in [2.24, 2.45) is 0 Å². The molecule has 3 rings (SSSR count). The van der Waals surface area contributed by atoms with Gasteiger partial charge in [-0.1, -0.05) is 18.2 Å². The molecule has 0 unspecified atom stereocenters. The highest BCUT2D eigenvalue weighted by atomic mass is 16.4. The second-order valence-corrected chi connectivity index (χ2v) is 4.71. The summed E-state index contributed by atoms with van der Waals surface area (Å²) in [6.07, 6.45) is 0.732. The highest BCUT2D eigenvalue weighted by Gasteiger charge is 2.05. The van der Waals surface area contributed by atoms with Gasteiger partial charge in [0.2, 0.25) is 0 Å². The largest absolute Gasteiger partial charge is 0.478 e. The Kier molecular flexibility index (Phi) is 2.99. The van der Waals surface area contributed by atoms with Crippen LogP contribution >= 0.6 is 0 Å². The van der Waals surface area contributed by atoms with Crippen molar-refractivity contribution >= 4 is 17.1 Å². The van der Waals surface area contributed by atoms with E-state index >= 15 is 0 Å². The van der Waals surface area contributed by atoms with E-state index in [2.05, 4.69) is 4.98 Å². The van der Waals surface area contributed by atoms with Gasteiger partial charge in [-0.25, -0.2) is 9.78 Å². The van der Waals surface area contributed by atoms with Crippen LogP contribution < -0.4 is 0 Å². The Morgan fingerprint density at radius 3 is 2.55 bits per heavy atom. The van der Waals surface area contributed by atoms with Crippen LogP contribution in [-0.2, 0) is 6.42 Å². The van der Waals surface area contributed by atoms with Gasteiger partial charge < -0.3 is 9.52 Å². The number of aromatic carboxylic acids is 1. The minimum atomic E-state index is -0.907. The molecule has 1 N–H and O–H groups in total. The van der Waals surface area contributed by atoms with Gasteiger partial charge in [0.1, 0.15) is 5.52 Å². The SMILES string of the molecule is Cc1nc2ccc(Cc3ccc(C(=O)O)cc3)cc2o1. The molecule has 2 aromatic carbocycles. The minimum Gasteiger partial charge on any atom is -0.478 e. The Morgan fingerprint density at radius 2 is 1.85 bits per heavy atom. The first-order valence-electron chi connectivity index (χ1n) is 6.30. The first-order valence-corrected chi connectivity index (χ1v) is 6.30. The summed E-state index contributed by atoms with van der Waals surface area (Å²) in [5, 5.41) is 8.87. The summed E-state index contributed by atoms with van der Waals surface area (Å²) in [5.74, 6) is -0.252. The van der Waals surface area contributed by atoms with E-state index in [-0.39, 0.29) is 0 Å². The number of hydrogen-bond donors (Lipinski definition) is 1. The molecule has 0 radical (unpaired) electrons. The Morgan fingerprint density at radius 1 is 1.15 bits per heavy atom. The van der Waals surface area contributed by atoms with E-state index in [1.807, 2.05) is 37.3 Å². The zero-order valence-corrected chi connectivity index (χ0v) is 11.0. The molecule has 3 aromatic rings. The maximum absolute atomic E-state index is 10.8. The van der Waals surface area contributed by atoms with E-state index in [1.54, 1.807) is 12.1 Å². The van der Waals surface area contributed by atoms with Gasteiger partial charge in [-0.3, -0.25) is 0 Å². The van der Waals surface area contributed by atoms with Gasteiger partial charge in [0.05, 0.1) is 5.56 Å². The van der Waals surface area contributed by atoms with Crippen molar-refractivity contribution in [1.29, 1.82) is 0 Å². The number of carboxylic acid groups (broad SMARTS) is 1. The molecule has 0 fully saturated rings. The van der Waals surface area contributed by atoms with Gasteiger partial charge in [-0.15, -0.1) is 0 Å². The second-order valence-electron chi connectivity index (χ2n) is 4.71. The molecule has 0 aliphatic heterocycles. The molecule has 0 bridgehead atoms. The summed E-state index contributed by atoms with van der Waals surface area (Å²) in [6, 6.07) is 12.8. The fraction of sp³-hybridized carbons (Fsp3) is 0.125. The van der Waals surface area contributed by atoms with Gasteiger partial charge in [0.25, 0.3) is 0 Å². The molecule has 4 heteroatoms. The maximum atomic E-state index is 10.8. The summed E-state index contributed by atoms with van der Waals surface area (Å²) in [5.41, 5.74) is 4.10. The third kappa shape index (κ3) is 2.40. The molecule has 0 saturated carbocycles. The smallest absolute Gasteiger partial charge is 0.335 e. The van der Waals surface area contributed by atoms with Crippen LogP contribution in [0.15, 0.2) is 46.9 Å². The van der Waals surface area contributed by atoms with Crippen LogP contribution in [0.4, 0.5) is 0 Å². The first-order chi connectivity index (χ1) is 9.61. The van der Waals surface area contributed by atoms with E-state index in [0.29, 0.717) is 11.5 Å². The predicted molar refractivity (Wildman–Crippen MR) is 75.0 cm³/mol. The second kappa shape index (κ2) is 4.81. The summed E-state index contributed by atoms with van der Waals surface area (Å²) in [6.45, 7) is 1.82. The molecular weight excluding hydrogens is 254 g/mol. The fourth-order valence-electron chi connectivity index (χ4n) is 2.20. The van der Waals surface area contributed by atoms with Crippen molar-refractivity contribution in [1.82, 2.24) is 4.98 Å². The van der Waals surface area contributed by atoms with Crippen molar-refractivity contribution < 1.29 is 14.3 Å². The van der Waals surface area contributed by atoms with E-state index in [9.17, 15) is 4.79 Å². The number of aryl methyl sites for hydroxylation is 1. The lowest BCUT2D eigenvalue weighted by Gasteiger charge is -2.02. The van der Waals surface area contributed by atoms with E-state index in [1.165, 1.54) is 0 Å². The predicted octanol–water partition coefficient (Wildman–Crippen LogP) is 3.43. The van der Waals surface area contributed by atoms with Gasteiger partial charge in [-0.2, -0.15) is 0 Å². The van der Waals surface area contributed by atoms with Crippen molar-refractivity contribution in [2.45, 2.75) is 13.3 Å². The van der Waals surface area contributed by atoms with Gasteiger partial charge >= 0.3 is 5.97 Å². The number of hydrogen-bond acceptors (Lipinski definition) is 3. The van der Waals surface area contributed by atoms with Gasteiger partial charge in [-0.05, 0) is 41.8 Å². The standard InChI is InChI=1S/C16H13NO3/c1-10-17-14-7-4-12(9-15(14)20-10)8-11-2-5-13(6-3-11)16(18)19/h2-7,9H,8H2,1H3,(H,18,19). The fourth-order valence-corrected chi connectivity index (χ4v) is 2.20. The highest BCUT2D eigenvalue weighted by molar-refractivity contribution is 5.87. The topological polar surface area (TPSA) is 63.3 Å². The Labute approximate surface area is 115 Å². The molecule has 20 heavy (non-hydrogen) atoms. The number of carboxylic acids is 1. The molecule has 100 valence electrons. The van der Waals surface area contributed by atoms with Crippen LogP contribution in [0.25, 0.3) is 11.1 Å². The molecule has 1 aromatic heterocycles. The zero-order valence-electron chi connectivity index (χ0n) is 11.0. The number of fused-ring (bicyclic) bond motifs is 1. The van der Waals surface area contributed by atoms with Gasteiger partial charge in [0.15, 0.2) is 11.5 Å². The summed E-state index contributed by atoms with van der Waals surface area (Å²) >= 11 is 0. The molecule has 4 nitrogen and oxygen atoms in total. The van der Waals surface area contributed by atoms with E-state index in [4.69, 9.17) is 9.52 Å². The molecule has 0 aliphatic carbocycles. The third-order valence-corrected chi connectivity index (χ3v) is 3.17. The molecular formula is C16H13NO3. The zero-order chi connectivity index (χ0) is 14.1. The van der Waals surface area contributed by atoms with Crippen molar-refractivity contribution in [3.63, 3.8) is 0 Å². The first kappa shape index (κ1) is 12.4. The number of benzene rings is 2. The maximum Gasteiger partial charge on any atom is 0.335 e. The van der Waals surface area contributed by atoms with Crippen LogP contribution in [0.1, 0.15) is 27.4 Å². The average Bonchev–Trinajstić information content (AvgIpc) is 2.78. The van der Waals surface area contributed by atoms with Crippen molar-refractivity contribution in [3.8, 4) is 0 Å². The molecule has 0 aliphatic rings. The highest BCUT2D eigenvalue weighted by Crippen LogP contribution is 2.19. The molecule has 0 saturated heterocycles. The van der Waals surface area contributed by atoms with Crippen LogP contribution in [0.2, 0.25) is 0 Å². The minimum absolute atomic E-state index is 0.301. The van der Waals surface area contributed by atoms with E-state index in [0.717, 1.165) is 28.6 Å². The molecule has 0 atom stereocenters. The Bertz CT molecular complexity index is 772. The van der Waals surface area contributed by atoms with Crippen LogP contribution in [0.3, 0.4) is 0 Å². The monoisotopic (exact) mass is 267 g/mol. The molecule has 0 amide bonds. The number of aromatic nitrogens is 1. The van der Waals surface area contributed by atoms with Crippen LogP contribution in [0, 0.1) is 6.92 Å². The van der Waals surface area contributed by atoms with Crippen LogP contribution in [-0.4, -0.2) is 16.1 Å². The van der Waals surface area contributed by atoms with Crippen LogP contribution in [0.5, 0.6) is 0 Å². The summed E-state index contributed by atoms with van der Waals surface area (Å²) < 4.78 is 5.51. The Hall–Kier alpha value is -2.62. The molecule has 0 spiro atoms. The lowest BCUT2D eigenvalue weighted by Crippen LogP contribution is -1.96. The average molecular weight is 267 g/mol. The lowest BCUT2D eigenvalue weighted by atomic mass is 10.0. The number of oxazole rings is 1. The number of rotatable bonds is 3. The third-order valence-electron chi connectivity index (χ3n) is 3.17. The lowest BCUT2D eigenvalue weighted by molar-refractivity contribution is 0.0697. The van der Waals surface area contributed by atoms with Crippen molar-refractivity contribution in [3.05, 3.63) is 65.0 Å². The number of nitrogens with zero attached hydrogens (tertiary/aromatic N) is 1. The summed E-state index contributed by atoms with van der Waals surface area (Å²) in [7, 11) is 0. The van der Waals surface area contributed by atoms with Gasteiger partial charge in [0, 0.05) is 6.92 Å². The normalized spacial score (nSPS) is 10.8. The Balaban J connectivity index is 1.86. The number of carbonyl (C=O) groups is 1. The summed E-state index contributed by atoms with van der Waals surface area (Å²) in [4.78, 5) is 15.1.